The van der Waals surface area contributed by atoms with Gasteiger partial charge in [0.1, 0.15) is 5.75 Å². The van der Waals surface area contributed by atoms with Gasteiger partial charge in [0.25, 0.3) is 0 Å². The summed E-state index contributed by atoms with van der Waals surface area (Å²) in [5, 5.41) is 19.4. The topological polar surface area (TPSA) is 80.4 Å². The Labute approximate surface area is 77.9 Å². The zero-order valence-electron chi connectivity index (χ0n) is 7.15. The Balaban J connectivity index is 3.42. The molecule has 1 N–H and O–H groups in total. The summed E-state index contributed by atoms with van der Waals surface area (Å²) in [6, 6.07) is 1.27. The first kappa shape index (κ1) is 10.1. The quantitative estimate of drug-likeness (QED) is 0.446. The summed E-state index contributed by atoms with van der Waals surface area (Å²) in [5.41, 5.74) is -1.09. The monoisotopic (exact) mass is 199 g/mol. The molecular weight excluding hydrogens is 193 g/mol. The van der Waals surface area contributed by atoms with E-state index in [1.54, 1.807) is 0 Å². The molecule has 5 nitrogen and oxygen atoms in total. The van der Waals surface area contributed by atoms with Crippen LogP contribution in [0.25, 0.3) is 0 Å². The first-order chi connectivity index (χ1) is 6.43. The van der Waals surface area contributed by atoms with Gasteiger partial charge in [0.05, 0.1) is 10.5 Å². The summed E-state index contributed by atoms with van der Waals surface area (Å²) in [5.74, 6) is -2.33. The minimum atomic E-state index is -1.17. The standard InChI is InChI=1S/C8H6FNO4/c1-4(11)5-2-7(10(13)14)6(9)3-8(5)12/h2-3,12H,1H3. The van der Waals surface area contributed by atoms with Gasteiger partial charge in [0.15, 0.2) is 5.78 Å². The number of phenols is 1. The first-order valence-electron chi connectivity index (χ1n) is 3.61. The number of halogens is 1. The van der Waals surface area contributed by atoms with Crippen molar-refractivity contribution >= 4 is 11.5 Å². The summed E-state index contributed by atoms with van der Waals surface area (Å²) in [7, 11) is 0. The number of hydrogen-bond acceptors (Lipinski definition) is 4. The highest BCUT2D eigenvalue weighted by Gasteiger charge is 2.19. The van der Waals surface area contributed by atoms with Crippen molar-refractivity contribution in [1.29, 1.82) is 0 Å². The number of nitrogens with zero attached hydrogens (tertiary/aromatic N) is 1. The van der Waals surface area contributed by atoms with E-state index in [4.69, 9.17) is 5.11 Å². The fourth-order valence-electron chi connectivity index (χ4n) is 0.973. The van der Waals surface area contributed by atoms with Gasteiger partial charge in [-0.15, -0.1) is 0 Å². The molecule has 0 aliphatic carbocycles. The Morgan fingerprint density at radius 3 is 2.57 bits per heavy atom. The molecular formula is C8H6FNO4. The zero-order valence-corrected chi connectivity index (χ0v) is 7.15. The van der Waals surface area contributed by atoms with E-state index >= 15 is 0 Å². The van der Waals surface area contributed by atoms with E-state index in [0.717, 1.165) is 6.92 Å². The fourth-order valence-corrected chi connectivity index (χ4v) is 0.973. The van der Waals surface area contributed by atoms with Crippen molar-refractivity contribution in [2.45, 2.75) is 6.92 Å². The average molecular weight is 199 g/mol. The molecule has 0 saturated heterocycles. The van der Waals surface area contributed by atoms with Crippen LogP contribution in [0.2, 0.25) is 0 Å². The number of rotatable bonds is 2. The van der Waals surface area contributed by atoms with Crippen LogP contribution < -0.4 is 0 Å². The van der Waals surface area contributed by atoms with E-state index in [1.807, 2.05) is 0 Å². The molecule has 6 heteroatoms. The number of phenolic OH excluding ortho intramolecular Hbond substituents is 1. The molecule has 1 rings (SSSR count). The molecule has 0 bridgehead atoms. The zero-order chi connectivity index (χ0) is 10.9. The fraction of sp³-hybridized carbons (Fsp3) is 0.125. The van der Waals surface area contributed by atoms with E-state index in [1.165, 1.54) is 0 Å². The second kappa shape index (κ2) is 3.41. The third-order valence-electron chi connectivity index (χ3n) is 1.64. The van der Waals surface area contributed by atoms with E-state index in [0.29, 0.717) is 12.1 Å². The van der Waals surface area contributed by atoms with Crippen molar-refractivity contribution < 1.29 is 19.2 Å². The largest absolute Gasteiger partial charge is 0.507 e. The van der Waals surface area contributed by atoms with Gasteiger partial charge in [-0.1, -0.05) is 0 Å². The van der Waals surface area contributed by atoms with Crippen molar-refractivity contribution in [2.24, 2.45) is 0 Å². The van der Waals surface area contributed by atoms with Crippen molar-refractivity contribution in [3.8, 4) is 5.75 Å². The van der Waals surface area contributed by atoms with Crippen LogP contribution in [0.3, 0.4) is 0 Å². The molecule has 0 radical (unpaired) electrons. The number of hydrogen-bond donors (Lipinski definition) is 1. The molecule has 1 aromatic rings. The number of carbonyl (C=O) groups is 1. The van der Waals surface area contributed by atoms with E-state index in [-0.39, 0.29) is 5.56 Å². The van der Waals surface area contributed by atoms with Crippen molar-refractivity contribution in [3.05, 3.63) is 33.6 Å². The lowest BCUT2D eigenvalue weighted by atomic mass is 10.1. The Hall–Kier alpha value is -1.98. The minimum Gasteiger partial charge on any atom is -0.507 e. The molecule has 0 atom stereocenters. The van der Waals surface area contributed by atoms with Crippen LogP contribution in [0.15, 0.2) is 12.1 Å². The smallest absolute Gasteiger partial charge is 0.305 e. The van der Waals surface area contributed by atoms with Crippen LogP contribution in [-0.4, -0.2) is 15.8 Å². The van der Waals surface area contributed by atoms with Crippen LogP contribution in [0.1, 0.15) is 17.3 Å². The predicted molar refractivity (Wildman–Crippen MR) is 44.7 cm³/mol. The summed E-state index contributed by atoms with van der Waals surface area (Å²) >= 11 is 0. The Morgan fingerprint density at radius 2 is 2.14 bits per heavy atom. The van der Waals surface area contributed by atoms with Gasteiger partial charge in [-0.3, -0.25) is 14.9 Å². The highest BCUT2D eigenvalue weighted by molar-refractivity contribution is 5.97. The molecule has 0 amide bonds. The van der Waals surface area contributed by atoms with E-state index < -0.39 is 28.0 Å². The number of Topliss-reactive ketones (excluding diaryl/α,β-unsaturated/α-hetero) is 1. The number of ketones is 1. The first-order valence-corrected chi connectivity index (χ1v) is 3.61. The molecule has 0 spiro atoms. The van der Waals surface area contributed by atoms with Crippen molar-refractivity contribution in [3.63, 3.8) is 0 Å². The lowest BCUT2D eigenvalue weighted by Gasteiger charge is -2.00. The van der Waals surface area contributed by atoms with Gasteiger partial charge in [0, 0.05) is 12.1 Å². The van der Waals surface area contributed by atoms with Gasteiger partial charge in [0.2, 0.25) is 5.82 Å². The maximum absolute atomic E-state index is 12.8. The molecule has 1 aromatic carbocycles. The third-order valence-corrected chi connectivity index (χ3v) is 1.64. The molecule has 0 aliphatic rings. The predicted octanol–water partition coefficient (Wildman–Crippen LogP) is 1.64. The van der Waals surface area contributed by atoms with Crippen LogP contribution >= 0.6 is 0 Å². The minimum absolute atomic E-state index is 0.266. The lowest BCUT2D eigenvalue weighted by molar-refractivity contribution is -0.387. The van der Waals surface area contributed by atoms with Gasteiger partial charge in [-0.05, 0) is 6.92 Å². The van der Waals surface area contributed by atoms with Gasteiger partial charge < -0.3 is 5.11 Å². The second-order valence-corrected chi connectivity index (χ2v) is 2.63. The maximum atomic E-state index is 12.8. The summed E-state index contributed by atoms with van der Waals surface area (Å²) in [6.07, 6.45) is 0. The number of benzene rings is 1. The summed E-state index contributed by atoms with van der Waals surface area (Å²) < 4.78 is 12.8. The lowest BCUT2D eigenvalue weighted by Crippen LogP contribution is -1.98. The second-order valence-electron chi connectivity index (χ2n) is 2.63. The third kappa shape index (κ3) is 1.68. The van der Waals surface area contributed by atoms with Gasteiger partial charge in [-0.2, -0.15) is 4.39 Å². The van der Waals surface area contributed by atoms with Crippen LogP contribution in [0.5, 0.6) is 5.75 Å². The highest BCUT2D eigenvalue weighted by Crippen LogP contribution is 2.26. The maximum Gasteiger partial charge on any atom is 0.305 e. The molecule has 0 aliphatic heterocycles. The molecule has 0 heterocycles. The van der Waals surface area contributed by atoms with Crippen LogP contribution in [-0.2, 0) is 0 Å². The summed E-state index contributed by atoms with van der Waals surface area (Å²) in [6.45, 7) is 1.12. The van der Waals surface area contributed by atoms with E-state index in [2.05, 4.69) is 0 Å². The number of nitro groups is 1. The van der Waals surface area contributed by atoms with Crippen molar-refractivity contribution in [1.82, 2.24) is 0 Å². The SMILES string of the molecule is CC(=O)c1cc([N+](=O)[O-])c(F)cc1O. The highest BCUT2D eigenvalue weighted by atomic mass is 19.1. The molecule has 0 aromatic heterocycles. The van der Waals surface area contributed by atoms with Gasteiger partial charge >= 0.3 is 5.69 Å². The number of nitro benzene ring substituents is 1. The van der Waals surface area contributed by atoms with E-state index in [9.17, 15) is 19.3 Å². The normalized spacial score (nSPS) is 9.86. The van der Waals surface area contributed by atoms with Crippen LogP contribution in [0, 0.1) is 15.9 Å². The van der Waals surface area contributed by atoms with Crippen molar-refractivity contribution in [2.75, 3.05) is 0 Å². The molecule has 0 saturated carbocycles. The molecule has 0 fully saturated rings. The average Bonchev–Trinajstić information content (AvgIpc) is 2.02. The Morgan fingerprint density at radius 1 is 1.57 bits per heavy atom. The Bertz CT molecular complexity index is 381. The molecule has 14 heavy (non-hydrogen) atoms. The van der Waals surface area contributed by atoms with Gasteiger partial charge in [-0.25, -0.2) is 0 Å². The number of carbonyl (C=O) groups excluding carboxylic acids is 1. The Kier molecular flexibility index (Phi) is 2.46. The summed E-state index contributed by atoms with van der Waals surface area (Å²) in [4.78, 5) is 20.2. The van der Waals surface area contributed by atoms with Crippen LogP contribution in [0.4, 0.5) is 10.1 Å². The molecule has 0 unspecified atom stereocenters. The number of aromatic hydroxyl groups is 1. The molecule has 74 valence electrons.